The Bertz CT molecular complexity index is 1090. The van der Waals surface area contributed by atoms with Crippen molar-refractivity contribution < 1.29 is 4.79 Å². The normalized spacial score (nSPS) is 23.8. The van der Waals surface area contributed by atoms with Crippen LogP contribution in [0, 0.1) is 13.8 Å². The van der Waals surface area contributed by atoms with Gasteiger partial charge in [-0.1, -0.05) is 29.8 Å². The van der Waals surface area contributed by atoms with Crippen LogP contribution >= 0.6 is 0 Å². The maximum atomic E-state index is 12.8. The first kappa shape index (κ1) is 19.2. The van der Waals surface area contributed by atoms with E-state index in [1.165, 1.54) is 18.4 Å². The Hall–Kier alpha value is -2.73. The molecule has 1 N–H and O–H groups in total. The third-order valence-electron chi connectivity index (χ3n) is 6.89. The third kappa shape index (κ3) is 3.39. The Morgan fingerprint density at radius 1 is 1.17 bits per heavy atom. The van der Waals surface area contributed by atoms with E-state index in [9.17, 15) is 4.79 Å². The topological polar surface area (TPSA) is 63.1 Å². The van der Waals surface area contributed by atoms with Gasteiger partial charge in [0.2, 0.25) is 5.91 Å². The van der Waals surface area contributed by atoms with E-state index < -0.39 is 0 Å². The number of hydrogen-bond donors (Lipinski definition) is 1. The Morgan fingerprint density at radius 2 is 1.93 bits per heavy atom. The number of amides is 1. The van der Waals surface area contributed by atoms with Gasteiger partial charge in [-0.15, -0.1) is 0 Å². The largest absolute Gasteiger partial charge is 0.352 e. The molecule has 2 saturated heterocycles. The number of rotatable bonds is 4. The van der Waals surface area contributed by atoms with Crippen LogP contribution in [0.2, 0.25) is 0 Å². The molecule has 1 aromatic carbocycles. The van der Waals surface area contributed by atoms with Crippen LogP contribution in [0.25, 0.3) is 22.2 Å². The Morgan fingerprint density at radius 3 is 2.67 bits per heavy atom. The fourth-order valence-electron chi connectivity index (χ4n) is 5.38. The summed E-state index contributed by atoms with van der Waals surface area (Å²) >= 11 is 0. The van der Waals surface area contributed by atoms with Gasteiger partial charge in [-0.05, 0) is 63.8 Å². The van der Waals surface area contributed by atoms with Gasteiger partial charge in [0.25, 0.3) is 0 Å². The molecule has 0 saturated carbocycles. The molecule has 2 atom stereocenters. The SMILES string of the molecule is Cc1cccc(-c2ccnc3c2c(C)nn3CC(=O)NC2CC3CCC(C2)N3C)c1. The molecule has 30 heavy (non-hydrogen) atoms. The number of aromatic nitrogens is 3. The van der Waals surface area contributed by atoms with E-state index in [0.29, 0.717) is 12.1 Å². The number of fused-ring (bicyclic) bond motifs is 3. The van der Waals surface area contributed by atoms with Gasteiger partial charge in [0.05, 0.1) is 5.69 Å². The molecular formula is C24H29N5O. The molecule has 6 nitrogen and oxygen atoms in total. The quantitative estimate of drug-likeness (QED) is 0.725. The molecule has 4 heterocycles. The Kier molecular flexibility index (Phi) is 4.82. The minimum atomic E-state index is 0.0242. The van der Waals surface area contributed by atoms with Gasteiger partial charge in [0.15, 0.2) is 5.65 Å². The van der Waals surface area contributed by atoms with Crippen LogP contribution in [0.4, 0.5) is 0 Å². The highest BCUT2D eigenvalue weighted by molar-refractivity contribution is 5.95. The van der Waals surface area contributed by atoms with Crippen LogP contribution in [0.3, 0.4) is 0 Å². The van der Waals surface area contributed by atoms with Gasteiger partial charge < -0.3 is 10.2 Å². The number of piperidine rings is 1. The number of pyridine rings is 1. The maximum absolute atomic E-state index is 12.8. The monoisotopic (exact) mass is 403 g/mol. The van der Waals surface area contributed by atoms with Crippen LogP contribution in [-0.2, 0) is 11.3 Å². The summed E-state index contributed by atoms with van der Waals surface area (Å²) in [4.78, 5) is 19.9. The van der Waals surface area contributed by atoms with Crippen LogP contribution in [0.15, 0.2) is 36.5 Å². The van der Waals surface area contributed by atoms with Crippen molar-refractivity contribution in [2.75, 3.05) is 7.05 Å². The summed E-state index contributed by atoms with van der Waals surface area (Å²) in [5.74, 6) is 0.0242. The summed E-state index contributed by atoms with van der Waals surface area (Å²) in [5, 5.41) is 8.95. The molecule has 5 rings (SSSR count). The highest BCUT2D eigenvalue weighted by Gasteiger charge is 2.38. The van der Waals surface area contributed by atoms with Crippen LogP contribution in [0.1, 0.15) is 36.9 Å². The summed E-state index contributed by atoms with van der Waals surface area (Å²) < 4.78 is 1.75. The number of carbonyl (C=O) groups excluding carboxylic acids is 1. The molecule has 6 heteroatoms. The lowest BCUT2D eigenvalue weighted by molar-refractivity contribution is -0.123. The summed E-state index contributed by atoms with van der Waals surface area (Å²) in [5.41, 5.74) is 5.15. The molecule has 2 aromatic heterocycles. The standard InChI is InChI=1S/C24H29N5O/c1-15-5-4-6-17(11-15)21-9-10-25-24-23(21)16(2)27-29(24)14-22(30)26-18-12-19-7-8-20(13-18)28(19)3/h4-6,9-11,18-20H,7-8,12-14H2,1-3H3,(H,26,30). The fraction of sp³-hybridized carbons (Fsp3) is 0.458. The number of carbonyl (C=O) groups is 1. The molecule has 2 bridgehead atoms. The van der Waals surface area contributed by atoms with E-state index in [1.807, 2.05) is 19.2 Å². The first-order valence-corrected chi connectivity index (χ1v) is 10.9. The van der Waals surface area contributed by atoms with Gasteiger partial charge in [0, 0.05) is 29.7 Å². The number of aryl methyl sites for hydroxylation is 2. The van der Waals surface area contributed by atoms with Crippen LogP contribution in [0.5, 0.6) is 0 Å². The number of benzene rings is 1. The number of nitrogens with one attached hydrogen (secondary N) is 1. The van der Waals surface area contributed by atoms with Crippen molar-refractivity contribution in [1.82, 2.24) is 25.0 Å². The number of hydrogen-bond acceptors (Lipinski definition) is 4. The lowest BCUT2D eigenvalue weighted by Crippen LogP contribution is -2.49. The molecule has 2 unspecified atom stereocenters. The van der Waals surface area contributed by atoms with Crippen molar-refractivity contribution in [3.63, 3.8) is 0 Å². The Labute approximate surface area is 177 Å². The average Bonchev–Trinajstić information content (AvgIpc) is 3.12. The van der Waals surface area contributed by atoms with Crippen molar-refractivity contribution in [1.29, 1.82) is 0 Å². The zero-order valence-electron chi connectivity index (χ0n) is 17.9. The summed E-state index contributed by atoms with van der Waals surface area (Å²) in [6.07, 6.45) is 6.41. The van der Waals surface area contributed by atoms with Crippen LogP contribution < -0.4 is 5.32 Å². The first-order chi connectivity index (χ1) is 14.5. The van der Waals surface area contributed by atoms with Crippen LogP contribution in [-0.4, -0.2) is 50.7 Å². The predicted molar refractivity (Wildman–Crippen MR) is 118 cm³/mol. The second-order valence-electron chi connectivity index (χ2n) is 8.96. The van der Waals surface area contributed by atoms with E-state index >= 15 is 0 Å². The number of nitrogens with zero attached hydrogens (tertiary/aromatic N) is 4. The highest BCUT2D eigenvalue weighted by atomic mass is 16.2. The summed E-state index contributed by atoms with van der Waals surface area (Å²) in [6.45, 7) is 4.29. The minimum Gasteiger partial charge on any atom is -0.352 e. The lowest BCUT2D eigenvalue weighted by atomic mass is 9.98. The third-order valence-corrected chi connectivity index (χ3v) is 6.89. The zero-order valence-corrected chi connectivity index (χ0v) is 17.9. The van der Waals surface area contributed by atoms with Crippen molar-refractivity contribution in [2.45, 2.75) is 64.2 Å². The van der Waals surface area contributed by atoms with Gasteiger partial charge in [-0.2, -0.15) is 5.10 Å². The fourth-order valence-corrected chi connectivity index (χ4v) is 5.38. The van der Waals surface area contributed by atoms with Crippen molar-refractivity contribution in [3.8, 4) is 11.1 Å². The van der Waals surface area contributed by atoms with E-state index in [-0.39, 0.29) is 18.5 Å². The summed E-state index contributed by atoms with van der Waals surface area (Å²) in [7, 11) is 2.22. The molecule has 3 aromatic rings. The van der Waals surface area contributed by atoms with E-state index in [2.05, 4.69) is 58.5 Å². The highest BCUT2D eigenvalue weighted by Crippen LogP contribution is 2.34. The molecule has 0 spiro atoms. The smallest absolute Gasteiger partial charge is 0.242 e. The van der Waals surface area contributed by atoms with E-state index in [1.54, 1.807) is 4.68 Å². The van der Waals surface area contributed by atoms with Gasteiger partial charge in [-0.25, -0.2) is 9.67 Å². The van der Waals surface area contributed by atoms with Crippen molar-refractivity contribution in [2.24, 2.45) is 0 Å². The second kappa shape index (κ2) is 7.51. The summed E-state index contributed by atoms with van der Waals surface area (Å²) in [6, 6.07) is 12.0. The average molecular weight is 404 g/mol. The Balaban J connectivity index is 1.38. The lowest BCUT2D eigenvalue weighted by Gasteiger charge is -2.36. The van der Waals surface area contributed by atoms with Crippen molar-refractivity contribution >= 4 is 16.9 Å². The van der Waals surface area contributed by atoms with Crippen molar-refractivity contribution in [3.05, 3.63) is 47.8 Å². The zero-order chi connectivity index (χ0) is 20.8. The molecule has 2 aliphatic heterocycles. The maximum Gasteiger partial charge on any atom is 0.242 e. The predicted octanol–water partition coefficient (Wildman–Crippen LogP) is 3.46. The molecule has 2 fully saturated rings. The molecule has 0 radical (unpaired) electrons. The van der Waals surface area contributed by atoms with E-state index in [4.69, 9.17) is 0 Å². The van der Waals surface area contributed by atoms with Gasteiger partial charge in [-0.3, -0.25) is 4.79 Å². The first-order valence-electron chi connectivity index (χ1n) is 10.9. The second-order valence-corrected chi connectivity index (χ2v) is 8.96. The molecule has 0 aliphatic carbocycles. The minimum absolute atomic E-state index is 0.0242. The van der Waals surface area contributed by atoms with Gasteiger partial charge in [0.1, 0.15) is 6.54 Å². The van der Waals surface area contributed by atoms with Gasteiger partial charge >= 0.3 is 0 Å². The molecular weight excluding hydrogens is 374 g/mol. The molecule has 2 aliphatic rings. The van der Waals surface area contributed by atoms with E-state index in [0.717, 1.165) is 40.7 Å². The molecule has 156 valence electrons. The molecule has 1 amide bonds.